The molecule has 1 amide bonds. The molecule has 1 N–H and O–H groups in total. The molecule has 0 radical (unpaired) electrons. The van der Waals surface area contributed by atoms with Crippen LogP contribution in [0.5, 0.6) is 5.75 Å². The number of amides is 1. The molecule has 0 saturated carbocycles. The predicted octanol–water partition coefficient (Wildman–Crippen LogP) is 6.21. The number of benzene rings is 3. The Morgan fingerprint density at radius 1 is 1.13 bits per heavy atom. The Morgan fingerprint density at radius 2 is 1.94 bits per heavy atom. The molecule has 3 aromatic carbocycles. The number of amidine groups is 1. The van der Waals surface area contributed by atoms with Crippen molar-refractivity contribution in [3.05, 3.63) is 97.7 Å². The number of hydrogen-bond donors (Lipinski definition) is 1. The molecule has 1 fully saturated rings. The summed E-state index contributed by atoms with van der Waals surface area (Å²) in [5, 5.41) is 3.21. The van der Waals surface area contributed by atoms with Crippen LogP contribution in [0.3, 0.4) is 0 Å². The predicted molar refractivity (Wildman–Crippen MR) is 132 cm³/mol. The zero-order chi connectivity index (χ0) is 21.8. The van der Waals surface area contributed by atoms with E-state index in [-0.39, 0.29) is 11.7 Å². The topological polar surface area (TPSA) is 50.7 Å². The molecule has 0 aliphatic carbocycles. The fourth-order valence-electron chi connectivity index (χ4n) is 2.95. The third kappa shape index (κ3) is 5.74. The number of thioether (sulfide) groups is 1. The van der Waals surface area contributed by atoms with E-state index in [1.807, 2.05) is 36.4 Å². The van der Waals surface area contributed by atoms with Crippen LogP contribution in [0.2, 0.25) is 0 Å². The first-order chi connectivity index (χ1) is 15.0. The van der Waals surface area contributed by atoms with Gasteiger partial charge >= 0.3 is 0 Å². The molecule has 4 rings (SSSR count). The van der Waals surface area contributed by atoms with Crippen molar-refractivity contribution in [2.75, 3.05) is 0 Å². The van der Waals surface area contributed by atoms with Gasteiger partial charge in [0.1, 0.15) is 18.2 Å². The van der Waals surface area contributed by atoms with Crippen molar-refractivity contribution in [1.29, 1.82) is 0 Å². The van der Waals surface area contributed by atoms with Crippen molar-refractivity contribution in [1.82, 2.24) is 5.32 Å². The average Bonchev–Trinajstić information content (AvgIpc) is 3.08. The number of halogens is 2. The first-order valence-corrected chi connectivity index (χ1v) is 11.4. The maximum Gasteiger partial charge on any atom is 0.264 e. The highest BCUT2D eigenvalue weighted by Gasteiger charge is 2.23. The third-order valence-corrected chi connectivity index (χ3v) is 6.19. The summed E-state index contributed by atoms with van der Waals surface area (Å²) in [5.74, 6) is 0.264. The maximum atomic E-state index is 13.0. The van der Waals surface area contributed by atoms with Gasteiger partial charge in [-0.15, -0.1) is 0 Å². The van der Waals surface area contributed by atoms with Crippen molar-refractivity contribution in [2.24, 2.45) is 4.99 Å². The van der Waals surface area contributed by atoms with Crippen LogP contribution >= 0.6 is 34.4 Å². The molecule has 0 bridgehead atoms. The largest absolute Gasteiger partial charge is 0.488 e. The molecule has 31 heavy (non-hydrogen) atoms. The van der Waals surface area contributed by atoms with Gasteiger partial charge in [0.25, 0.3) is 5.91 Å². The number of nitrogens with zero attached hydrogens (tertiary/aromatic N) is 1. The third-order valence-electron chi connectivity index (χ3n) is 4.44. The number of carbonyl (C=O) groups excluding carboxylic acids is 1. The normalized spacial score (nSPS) is 16.0. The molecule has 0 unspecified atom stereocenters. The van der Waals surface area contributed by atoms with Gasteiger partial charge in [-0.2, -0.15) is 0 Å². The van der Waals surface area contributed by atoms with Crippen LogP contribution in [-0.2, 0) is 11.4 Å². The number of aryl methyl sites for hydroxylation is 1. The van der Waals surface area contributed by atoms with E-state index in [4.69, 9.17) is 4.74 Å². The van der Waals surface area contributed by atoms with E-state index in [2.05, 4.69) is 52.0 Å². The summed E-state index contributed by atoms with van der Waals surface area (Å²) in [4.78, 5) is 17.2. The minimum Gasteiger partial charge on any atom is -0.488 e. The van der Waals surface area contributed by atoms with E-state index in [9.17, 15) is 9.18 Å². The van der Waals surface area contributed by atoms with Crippen LogP contribution in [0.4, 0.5) is 10.1 Å². The molecular weight excluding hydrogens is 526 g/mol. The Morgan fingerprint density at radius 3 is 2.68 bits per heavy atom. The Kier molecular flexibility index (Phi) is 6.72. The highest BCUT2D eigenvalue weighted by Crippen LogP contribution is 2.30. The molecule has 3 aromatic rings. The smallest absolute Gasteiger partial charge is 0.264 e. The van der Waals surface area contributed by atoms with Crippen molar-refractivity contribution < 1.29 is 13.9 Å². The van der Waals surface area contributed by atoms with Gasteiger partial charge in [0.2, 0.25) is 0 Å². The van der Waals surface area contributed by atoms with Crippen LogP contribution in [0, 0.1) is 16.3 Å². The molecule has 1 saturated heterocycles. The Balaban J connectivity index is 1.45. The molecule has 156 valence electrons. The highest BCUT2D eigenvalue weighted by molar-refractivity contribution is 14.1. The fourth-order valence-corrected chi connectivity index (χ4v) is 4.49. The van der Waals surface area contributed by atoms with Gasteiger partial charge < -0.3 is 10.1 Å². The number of ether oxygens (including phenoxy) is 1. The van der Waals surface area contributed by atoms with Gasteiger partial charge in [-0.1, -0.05) is 35.9 Å². The number of carbonyl (C=O) groups is 1. The summed E-state index contributed by atoms with van der Waals surface area (Å²) in [6, 6.07) is 19.8. The van der Waals surface area contributed by atoms with Gasteiger partial charge in [-0.3, -0.25) is 4.79 Å². The molecule has 0 aromatic heterocycles. The molecule has 1 aliphatic rings. The number of rotatable bonds is 5. The van der Waals surface area contributed by atoms with E-state index in [0.717, 1.165) is 20.4 Å². The lowest BCUT2D eigenvalue weighted by Gasteiger charge is -2.09. The summed E-state index contributed by atoms with van der Waals surface area (Å²) in [7, 11) is 0. The van der Waals surface area contributed by atoms with Crippen molar-refractivity contribution in [3.8, 4) is 5.75 Å². The zero-order valence-electron chi connectivity index (χ0n) is 16.6. The second kappa shape index (κ2) is 9.65. The van der Waals surface area contributed by atoms with Gasteiger partial charge in [-0.05, 0) is 94.9 Å². The second-order valence-corrected chi connectivity index (χ2v) is 9.12. The first kappa shape index (κ1) is 21.6. The fraction of sp³-hybridized carbons (Fsp3) is 0.0833. The van der Waals surface area contributed by atoms with Gasteiger partial charge in [-0.25, -0.2) is 9.38 Å². The van der Waals surface area contributed by atoms with E-state index >= 15 is 0 Å². The molecular formula is C24H18FIN2O2S. The number of nitrogens with one attached hydrogen (secondary N) is 1. The lowest BCUT2D eigenvalue weighted by Crippen LogP contribution is -2.19. The molecule has 4 nitrogen and oxygen atoms in total. The lowest BCUT2D eigenvalue weighted by molar-refractivity contribution is -0.115. The van der Waals surface area contributed by atoms with Gasteiger partial charge in [0.15, 0.2) is 5.17 Å². The minimum absolute atomic E-state index is 0.208. The molecule has 1 aliphatic heterocycles. The maximum absolute atomic E-state index is 13.0. The van der Waals surface area contributed by atoms with Crippen molar-refractivity contribution in [3.63, 3.8) is 0 Å². The first-order valence-electron chi connectivity index (χ1n) is 9.49. The van der Waals surface area contributed by atoms with Crippen LogP contribution in [0.1, 0.15) is 16.7 Å². The van der Waals surface area contributed by atoms with E-state index in [1.165, 1.54) is 29.5 Å². The zero-order valence-corrected chi connectivity index (χ0v) is 19.5. The second-order valence-electron chi connectivity index (χ2n) is 6.93. The molecule has 0 atom stereocenters. The quantitative estimate of drug-likeness (QED) is 0.307. The minimum atomic E-state index is -0.325. The van der Waals surface area contributed by atoms with Gasteiger partial charge in [0.05, 0.1) is 14.2 Å². The van der Waals surface area contributed by atoms with Crippen LogP contribution in [0.15, 0.2) is 76.6 Å². The number of aliphatic imine (C=N–C) groups is 1. The summed E-state index contributed by atoms with van der Waals surface area (Å²) in [6.07, 6.45) is 1.82. The summed E-state index contributed by atoms with van der Waals surface area (Å²) in [5.41, 5.74) is 3.80. The van der Waals surface area contributed by atoms with E-state index in [1.54, 1.807) is 12.1 Å². The molecule has 7 heteroatoms. The Hall–Kier alpha value is -2.65. The highest BCUT2D eigenvalue weighted by atomic mass is 127. The Labute approximate surface area is 197 Å². The van der Waals surface area contributed by atoms with E-state index < -0.39 is 0 Å². The van der Waals surface area contributed by atoms with Crippen LogP contribution in [0.25, 0.3) is 6.08 Å². The standard InChI is InChI=1S/C24H18FIN2O2S/c1-15-3-2-4-17(11-15)14-30-21-10-5-16(12-20(21)26)13-22-23(29)28-24(31-22)27-19-8-6-18(25)7-9-19/h2-13H,14H2,1H3,(H,27,28,29)/b22-13+. The lowest BCUT2D eigenvalue weighted by atomic mass is 10.1. The van der Waals surface area contributed by atoms with Crippen molar-refractivity contribution in [2.45, 2.75) is 13.5 Å². The monoisotopic (exact) mass is 544 g/mol. The molecule has 1 heterocycles. The van der Waals surface area contributed by atoms with Crippen LogP contribution in [-0.4, -0.2) is 11.1 Å². The van der Waals surface area contributed by atoms with Gasteiger partial charge in [0, 0.05) is 0 Å². The summed E-state index contributed by atoms with van der Waals surface area (Å²) < 4.78 is 20.0. The average molecular weight is 544 g/mol. The van der Waals surface area contributed by atoms with Crippen LogP contribution < -0.4 is 10.1 Å². The summed E-state index contributed by atoms with van der Waals surface area (Å²) in [6.45, 7) is 2.56. The van der Waals surface area contributed by atoms with Crippen molar-refractivity contribution >= 4 is 57.2 Å². The number of hydrogen-bond acceptors (Lipinski definition) is 4. The molecule has 0 spiro atoms. The Bertz CT molecular complexity index is 1190. The SMILES string of the molecule is Cc1cccc(COc2ccc(/C=C3/SC(=Nc4ccc(F)cc4)NC3=O)cc2I)c1. The van der Waals surface area contributed by atoms with E-state index in [0.29, 0.717) is 22.4 Å². The summed E-state index contributed by atoms with van der Waals surface area (Å²) >= 11 is 3.49.